The fraction of sp³-hybridized carbons (Fsp3) is 0.150. The Kier molecular flexibility index (Phi) is 5.21. The molecule has 0 unspecified atom stereocenters. The van der Waals surface area contributed by atoms with Crippen molar-refractivity contribution < 1.29 is 14.3 Å². The number of carbonyl (C=O) groups is 1. The standard InChI is InChI=1S/C20H20N4O3/c1-12-8-13(2)10-16(9-12)27-19-17(21)18(22-11-23-19)24-15-6-4-14(5-7-15)20(25)26-3/h4-11H,21H2,1-3H3,(H,22,23,24). The predicted octanol–water partition coefficient (Wildman–Crippen LogP) is 4.00. The van der Waals surface area contributed by atoms with E-state index in [-0.39, 0.29) is 11.6 Å². The summed E-state index contributed by atoms with van der Waals surface area (Å²) in [5.41, 5.74) is 9.79. The van der Waals surface area contributed by atoms with Crippen molar-refractivity contribution in [2.45, 2.75) is 13.8 Å². The lowest BCUT2D eigenvalue weighted by atomic mass is 10.1. The van der Waals surface area contributed by atoms with Crippen molar-refractivity contribution in [3.63, 3.8) is 0 Å². The number of rotatable bonds is 5. The summed E-state index contributed by atoms with van der Waals surface area (Å²) in [4.78, 5) is 19.8. The van der Waals surface area contributed by atoms with Crippen molar-refractivity contribution in [2.75, 3.05) is 18.2 Å². The average Bonchev–Trinajstić information content (AvgIpc) is 2.64. The van der Waals surface area contributed by atoms with Gasteiger partial charge in [-0.25, -0.2) is 9.78 Å². The van der Waals surface area contributed by atoms with Crippen LogP contribution in [0.2, 0.25) is 0 Å². The number of anilines is 3. The Morgan fingerprint density at radius 1 is 1.04 bits per heavy atom. The number of hydrogen-bond donors (Lipinski definition) is 2. The molecule has 0 spiro atoms. The maximum atomic E-state index is 11.5. The van der Waals surface area contributed by atoms with E-state index in [1.807, 2.05) is 26.0 Å². The molecule has 7 nitrogen and oxygen atoms in total. The molecule has 7 heteroatoms. The minimum atomic E-state index is -0.396. The highest BCUT2D eigenvalue weighted by Gasteiger charge is 2.12. The van der Waals surface area contributed by atoms with Gasteiger partial charge in [0.15, 0.2) is 5.82 Å². The number of nitrogens with zero attached hydrogens (tertiary/aromatic N) is 2. The second kappa shape index (κ2) is 7.74. The summed E-state index contributed by atoms with van der Waals surface area (Å²) in [5.74, 6) is 0.942. The number of aryl methyl sites for hydroxylation is 2. The smallest absolute Gasteiger partial charge is 0.337 e. The molecule has 0 atom stereocenters. The molecule has 0 amide bonds. The number of aromatic nitrogens is 2. The highest BCUT2D eigenvalue weighted by molar-refractivity contribution is 5.89. The van der Waals surface area contributed by atoms with E-state index in [1.165, 1.54) is 13.4 Å². The Labute approximate surface area is 157 Å². The van der Waals surface area contributed by atoms with Crippen LogP contribution < -0.4 is 15.8 Å². The summed E-state index contributed by atoms with van der Waals surface area (Å²) in [6, 6.07) is 12.6. The topological polar surface area (TPSA) is 99.4 Å². The zero-order valence-corrected chi connectivity index (χ0v) is 15.3. The molecule has 0 fully saturated rings. The van der Waals surface area contributed by atoms with Gasteiger partial charge in [-0.05, 0) is 61.4 Å². The van der Waals surface area contributed by atoms with E-state index in [0.717, 1.165) is 11.1 Å². The van der Waals surface area contributed by atoms with E-state index >= 15 is 0 Å². The summed E-state index contributed by atoms with van der Waals surface area (Å²) in [7, 11) is 1.34. The Balaban J connectivity index is 1.81. The van der Waals surface area contributed by atoms with E-state index < -0.39 is 5.97 Å². The first-order chi connectivity index (χ1) is 13.0. The molecule has 27 heavy (non-hydrogen) atoms. The van der Waals surface area contributed by atoms with Crippen molar-refractivity contribution in [2.24, 2.45) is 0 Å². The van der Waals surface area contributed by atoms with Crippen molar-refractivity contribution >= 4 is 23.2 Å². The van der Waals surface area contributed by atoms with Crippen LogP contribution in [0.3, 0.4) is 0 Å². The number of ether oxygens (including phenoxy) is 2. The number of nitrogens with one attached hydrogen (secondary N) is 1. The van der Waals surface area contributed by atoms with Gasteiger partial charge in [-0.3, -0.25) is 0 Å². The Morgan fingerprint density at radius 2 is 1.70 bits per heavy atom. The lowest BCUT2D eigenvalue weighted by Gasteiger charge is -2.12. The fourth-order valence-electron chi connectivity index (χ4n) is 2.61. The molecule has 138 valence electrons. The molecule has 0 bridgehead atoms. The van der Waals surface area contributed by atoms with E-state index in [0.29, 0.717) is 22.8 Å². The molecule has 0 aliphatic heterocycles. The molecule has 0 saturated heterocycles. The van der Waals surface area contributed by atoms with Crippen LogP contribution in [0, 0.1) is 13.8 Å². The quantitative estimate of drug-likeness (QED) is 0.660. The van der Waals surface area contributed by atoms with Crippen LogP contribution in [0.25, 0.3) is 0 Å². The van der Waals surface area contributed by atoms with Gasteiger partial charge in [0.2, 0.25) is 5.88 Å². The first kappa shape index (κ1) is 18.2. The number of hydrogen-bond acceptors (Lipinski definition) is 7. The third-order valence-corrected chi connectivity index (χ3v) is 3.83. The lowest BCUT2D eigenvalue weighted by molar-refractivity contribution is 0.0601. The first-order valence-corrected chi connectivity index (χ1v) is 8.28. The summed E-state index contributed by atoms with van der Waals surface area (Å²) >= 11 is 0. The molecule has 2 aromatic carbocycles. The third-order valence-electron chi connectivity index (χ3n) is 3.83. The van der Waals surface area contributed by atoms with E-state index in [1.54, 1.807) is 24.3 Å². The molecule has 0 saturated carbocycles. The van der Waals surface area contributed by atoms with Crippen molar-refractivity contribution in [3.8, 4) is 11.6 Å². The molecule has 3 N–H and O–H groups in total. The molecule has 3 aromatic rings. The van der Waals surface area contributed by atoms with Crippen LogP contribution in [0.15, 0.2) is 48.8 Å². The minimum absolute atomic E-state index is 0.267. The monoisotopic (exact) mass is 364 g/mol. The summed E-state index contributed by atoms with van der Waals surface area (Å²) < 4.78 is 10.5. The van der Waals surface area contributed by atoms with Crippen molar-refractivity contribution in [3.05, 3.63) is 65.5 Å². The number of esters is 1. The summed E-state index contributed by atoms with van der Waals surface area (Å²) in [6.45, 7) is 3.99. The number of nitrogen functional groups attached to an aromatic ring is 1. The summed E-state index contributed by atoms with van der Waals surface area (Å²) in [5, 5.41) is 3.10. The third kappa shape index (κ3) is 4.33. The molecule has 1 aromatic heterocycles. The number of nitrogens with two attached hydrogens (primary N) is 1. The molecular formula is C20H20N4O3. The number of benzene rings is 2. The SMILES string of the molecule is COC(=O)c1ccc(Nc2ncnc(Oc3cc(C)cc(C)c3)c2N)cc1. The van der Waals surface area contributed by atoms with Gasteiger partial charge in [-0.1, -0.05) is 6.07 Å². The molecule has 0 aliphatic rings. The maximum Gasteiger partial charge on any atom is 0.337 e. The highest BCUT2D eigenvalue weighted by Crippen LogP contribution is 2.31. The van der Waals surface area contributed by atoms with Gasteiger partial charge in [-0.15, -0.1) is 0 Å². The van der Waals surface area contributed by atoms with Gasteiger partial charge >= 0.3 is 5.97 Å². The molecule has 0 aliphatic carbocycles. The number of methoxy groups -OCH3 is 1. The fourth-order valence-corrected chi connectivity index (χ4v) is 2.61. The van der Waals surface area contributed by atoms with Crippen LogP contribution in [-0.4, -0.2) is 23.0 Å². The number of carbonyl (C=O) groups excluding carboxylic acids is 1. The van der Waals surface area contributed by atoms with Crippen molar-refractivity contribution in [1.29, 1.82) is 0 Å². The molecular weight excluding hydrogens is 344 g/mol. The van der Waals surface area contributed by atoms with Gasteiger partial charge in [0, 0.05) is 5.69 Å². The van der Waals surface area contributed by atoms with Crippen LogP contribution in [0.1, 0.15) is 21.5 Å². The molecule has 3 rings (SSSR count). The van der Waals surface area contributed by atoms with E-state index in [2.05, 4.69) is 26.1 Å². The Bertz CT molecular complexity index is 951. The molecule has 0 radical (unpaired) electrons. The average molecular weight is 364 g/mol. The predicted molar refractivity (Wildman–Crippen MR) is 103 cm³/mol. The second-order valence-electron chi connectivity index (χ2n) is 6.06. The van der Waals surface area contributed by atoms with Crippen molar-refractivity contribution in [1.82, 2.24) is 9.97 Å². The maximum absolute atomic E-state index is 11.5. The van der Waals surface area contributed by atoms with Crippen LogP contribution in [0.4, 0.5) is 17.2 Å². The second-order valence-corrected chi connectivity index (χ2v) is 6.06. The Morgan fingerprint density at radius 3 is 2.33 bits per heavy atom. The molecule has 1 heterocycles. The summed E-state index contributed by atoms with van der Waals surface area (Å²) in [6.07, 6.45) is 1.37. The Hall–Kier alpha value is -3.61. The van der Waals surface area contributed by atoms with Gasteiger partial charge < -0.3 is 20.5 Å². The van der Waals surface area contributed by atoms with Crippen LogP contribution in [-0.2, 0) is 4.74 Å². The van der Waals surface area contributed by atoms with Gasteiger partial charge in [0.25, 0.3) is 0 Å². The largest absolute Gasteiger partial charge is 0.465 e. The van der Waals surface area contributed by atoms with Gasteiger partial charge in [-0.2, -0.15) is 4.98 Å². The lowest BCUT2D eigenvalue weighted by Crippen LogP contribution is -2.04. The zero-order valence-electron chi connectivity index (χ0n) is 15.3. The van der Waals surface area contributed by atoms with Crippen LogP contribution >= 0.6 is 0 Å². The van der Waals surface area contributed by atoms with Gasteiger partial charge in [0.05, 0.1) is 12.7 Å². The van der Waals surface area contributed by atoms with Crippen LogP contribution in [0.5, 0.6) is 11.6 Å². The first-order valence-electron chi connectivity index (χ1n) is 8.28. The zero-order chi connectivity index (χ0) is 19.4. The van der Waals surface area contributed by atoms with Gasteiger partial charge in [0.1, 0.15) is 17.8 Å². The van der Waals surface area contributed by atoms with E-state index in [9.17, 15) is 4.79 Å². The van der Waals surface area contributed by atoms with E-state index in [4.69, 9.17) is 10.5 Å². The normalized spacial score (nSPS) is 10.3. The highest BCUT2D eigenvalue weighted by atomic mass is 16.5. The minimum Gasteiger partial charge on any atom is -0.465 e.